The third-order valence-corrected chi connectivity index (χ3v) is 6.62. The van der Waals surface area contributed by atoms with Crippen molar-refractivity contribution in [2.24, 2.45) is 0 Å². The smallest absolute Gasteiger partial charge is 0.324 e. The van der Waals surface area contributed by atoms with Crippen molar-refractivity contribution in [1.82, 2.24) is 20.4 Å². The van der Waals surface area contributed by atoms with Crippen LogP contribution in [0.2, 0.25) is 5.02 Å². The average molecular weight is 481 g/mol. The standard InChI is InChI=1S/C20H21ClN4O6S/c1-20(2)18(27)25(19(28)22-20)11-16(17(26)23-29)24-32(30,31)15-9-5-13(6-10-15)12-3-7-14(21)8-4-12/h3-10,16,24,29H,11H2,1-2H3,(H,22,28)(H,23,26). The summed E-state index contributed by atoms with van der Waals surface area (Å²) in [6.45, 7) is 2.34. The number of benzene rings is 2. The SMILES string of the molecule is CC1(C)NC(=O)N(CC(NS(=O)(=O)c2ccc(-c3ccc(Cl)cc3)cc2)C(=O)NO)C1=O. The lowest BCUT2D eigenvalue weighted by Crippen LogP contribution is -2.53. The Kier molecular flexibility index (Phi) is 6.56. The molecule has 1 aliphatic rings. The molecule has 0 aliphatic carbocycles. The maximum Gasteiger partial charge on any atom is 0.325 e. The molecule has 12 heteroatoms. The van der Waals surface area contributed by atoms with E-state index in [9.17, 15) is 22.8 Å². The van der Waals surface area contributed by atoms with E-state index in [1.807, 2.05) is 0 Å². The molecule has 1 aliphatic heterocycles. The predicted octanol–water partition coefficient (Wildman–Crippen LogP) is 1.49. The number of carbonyl (C=O) groups excluding carboxylic acids is 3. The molecule has 32 heavy (non-hydrogen) atoms. The first kappa shape index (κ1) is 23.7. The van der Waals surface area contributed by atoms with Gasteiger partial charge in [-0.1, -0.05) is 35.9 Å². The van der Waals surface area contributed by atoms with Crippen molar-refractivity contribution in [1.29, 1.82) is 0 Å². The number of halogens is 1. The lowest BCUT2D eigenvalue weighted by Gasteiger charge is -2.22. The molecule has 170 valence electrons. The quantitative estimate of drug-likeness (QED) is 0.268. The highest BCUT2D eigenvalue weighted by molar-refractivity contribution is 7.89. The Morgan fingerprint density at radius 3 is 2.09 bits per heavy atom. The van der Waals surface area contributed by atoms with E-state index in [0.29, 0.717) is 9.92 Å². The Hall–Kier alpha value is -2.99. The second-order valence-electron chi connectivity index (χ2n) is 7.65. The maximum atomic E-state index is 12.8. The zero-order valence-corrected chi connectivity index (χ0v) is 18.7. The van der Waals surface area contributed by atoms with Crippen molar-refractivity contribution >= 4 is 39.5 Å². The first-order valence-corrected chi connectivity index (χ1v) is 11.3. The van der Waals surface area contributed by atoms with Crippen LogP contribution in [0.4, 0.5) is 4.79 Å². The van der Waals surface area contributed by atoms with Gasteiger partial charge in [-0.05, 0) is 49.2 Å². The normalized spacial score (nSPS) is 16.6. The fourth-order valence-corrected chi connectivity index (χ4v) is 4.45. The third-order valence-electron chi connectivity index (χ3n) is 4.88. The number of amides is 4. The number of carbonyl (C=O) groups is 3. The number of sulfonamides is 1. The summed E-state index contributed by atoms with van der Waals surface area (Å²) in [5, 5.41) is 12.0. The van der Waals surface area contributed by atoms with E-state index < -0.39 is 46.0 Å². The van der Waals surface area contributed by atoms with Gasteiger partial charge in [-0.25, -0.2) is 18.7 Å². The van der Waals surface area contributed by atoms with Crippen molar-refractivity contribution in [3.63, 3.8) is 0 Å². The summed E-state index contributed by atoms with van der Waals surface area (Å²) in [6, 6.07) is 10.4. The molecule has 3 rings (SSSR count). The molecular formula is C20H21ClN4O6S. The van der Waals surface area contributed by atoms with Crippen molar-refractivity contribution in [2.75, 3.05) is 6.54 Å². The van der Waals surface area contributed by atoms with Crippen molar-refractivity contribution < 1.29 is 28.0 Å². The average Bonchev–Trinajstić information content (AvgIpc) is 2.94. The Labute approximate surface area is 189 Å². The Morgan fingerprint density at radius 1 is 1.09 bits per heavy atom. The van der Waals surface area contributed by atoms with Gasteiger partial charge in [0.25, 0.3) is 11.8 Å². The summed E-state index contributed by atoms with van der Waals surface area (Å²) in [7, 11) is -4.24. The number of hydrogen-bond acceptors (Lipinski definition) is 6. The van der Waals surface area contributed by atoms with E-state index in [2.05, 4.69) is 10.0 Å². The van der Waals surface area contributed by atoms with Gasteiger partial charge >= 0.3 is 6.03 Å². The van der Waals surface area contributed by atoms with Crippen molar-refractivity contribution in [3.05, 3.63) is 53.6 Å². The fourth-order valence-electron chi connectivity index (χ4n) is 3.14. The van der Waals surface area contributed by atoms with Crippen LogP contribution in [0.3, 0.4) is 0 Å². The molecule has 2 aromatic carbocycles. The first-order valence-electron chi connectivity index (χ1n) is 9.41. The van der Waals surface area contributed by atoms with Crippen LogP contribution >= 0.6 is 11.6 Å². The van der Waals surface area contributed by atoms with Crippen LogP contribution in [0.15, 0.2) is 53.4 Å². The minimum absolute atomic E-state index is 0.150. The fraction of sp³-hybridized carbons (Fsp3) is 0.250. The molecular weight excluding hydrogens is 460 g/mol. The maximum absolute atomic E-state index is 12.8. The number of urea groups is 1. The number of imide groups is 1. The third kappa shape index (κ3) is 4.91. The summed E-state index contributed by atoms with van der Waals surface area (Å²) in [5.41, 5.74) is 1.72. The van der Waals surface area contributed by atoms with Gasteiger partial charge in [-0.3, -0.25) is 19.7 Å². The number of nitrogens with zero attached hydrogens (tertiary/aromatic N) is 1. The van der Waals surface area contributed by atoms with Gasteiger partial charge in [0.05, 0.1) is 11.4 Å². The lowest BCUT2D eigenvalue weighted by molar-refractivity contribution is -0.133. The molecule has 0 radical (unpaired) electrons. The zero-order chi connectivity index (χ0) is 23.7. The Morgan fingerprint density at radius 2 is 1.62 bits per heavy atom. The second kappa shape index (κ2) is 8.87. The van der Waals surface area contributed by atoms with Crippen LogP contribution in [0.25, 0.3) is 11.1 Å². The Bertz CT molecular complexity index is 1150. The monoisotopic (exact) mass is 480 g/mol. The number of nitrogens with one attached hydrogen (secondary N) is 3. The van der Waals surface area contributed by atoms with Crippen LogP contribution in [-0.4, -0.2) is 54.5 Å². The van der Waals surface area contributed by atoms with Crippen LogP contribution in [0.5, 0.6) is 0 Å². The van der Waals surface area contributed by atoms with E-state index >= 15 is 0 Å². The number of hydrogen-bond donors (Lipinski definition) is 4. The molecule has 0 saturated carbocycles. The summed E-state index contributed by atoms with van der Waals surface area (Å²) in [5.74, 6) is -1.76. The lowest BCUT2D eigenvalue weighted by atomic mass is 10.1. The van der Waals surface area contributed by atoms with Gasteiger partial charge in [0.1, 0.15) is 11.6 Å². The minimum atomic E-state index is -4.24. The van der Waals surface area contributed by atoms with Gasteiger partial charge in [0, 0.05) is 5.02 Å². The summed E-state index contributed by atoms with van der Waals surface area (Å²) >= 11 is 5.88. The van der Waals surface area contributed by atoms with Gasteiger partial charge in [-0.15, -0.1) is 0 Å². The van der Waals surface area contributed by atoms with E-state index in [0.717, 1.165) is 11.1 Å². The largest absolute Gasteiger partial charge is 0.325 e. The van der Waals surface area contributed by atoms with Crippen molar-refractivity contribution in [3.8, 4) is 11.1 Å². The molecule has 10 nitrogen and oxygen atoms in total. The highest BCUT2D eigenvalue weighted by Gasteiger charge is 2.46. The number of hydroxylamine groups is 1. The molecule has 0 bridgehead atoms. The summed E-state index contributed by atoms with van der Waals surface area (Å²) < 4.78 is 27.8. The molecule has 2 aromatic rings. The molecule has 1 fully saturated rings. The van der Waals surface area contributed by atoms with E-state index in [4.69, 9.17) is 16.8 Å². The molecule has 1 saturated heterocycles. The molecule has 0 spiro atoms. The Balaban J connectivity index is 1.81. The van der Waals surface area contributed by atoms with Crippen LogP contribution in [-0.2, 0) is 19.6 Å². The topological polar surface area (TPSA) is 145 Å². The first-order chi connectivity index (χ1) is 14.9. The molecule has 1 heterocycles. The highest BCUT2D eigenvalue weighted by Crippen LogP contribution is 2.23. The van der Waals surface area contributed by atoms with E-state index in [1.165, 1.54) is 31.5 Å². The van der Waals surface area contributed by atoms with Crippen LogP contribution in [0.1, 0.15) is 13.8 Å². The molecule has 4 N–H and O–H groups in total. The summed E-state index contributed by atoms with van der Waals surface area (Å²) in [6.07, 6.45) is 0. The van der Waals surface area contributed by atoms with Crippen molar-refractivity contribution in [2.45, 2.75) is 30.3 Å². The molecule has 1 atom stereocenters. The van der Waals surface area contributed by atoms with Gasteiger partial charge in [0.2, 0.25) is 10.0 Å². The molecule has 1 unspecified atom stereocenters. The van der Waals surface area contributed by atoms with Crippen LogP contribution in [0, 0.1) is 0 Å². The zero-order valence-electron chi connectivity index (χ0n) is 17.1. The van der Waals surface area contributed by atoms with E-state index in [-0.39, 0.29) is 4.90 Å². The van der Waals surface area contributed by atoms with Gasteiger partial charge < -0.3 is 5.32 Å². The minimum Gasteiger partial charge on any atom is -0.324 e. The van der Waals surface area contributed by atoms with Crippen LogP contribution < -0.4 is 15.5 Å². The summed E-state index contributed by atoms with van der Waals surface area (Å²) in [4.78, 5) is 37.1. The van der Waals surface area contributed by atoms with Gasteiger partial charge in [0.15, 0.2) is 0 Å². The highest BCUT2D eigenvalue weighted by atomic mass is 35.5. The molecule has 4 amide bonds. The second-order valence-corrected chi connectivity index (χ2v) is 9.80. The molecule has 0 aromatic heterocycles. The van der Waals surface area contributed by atoms with E-state index in [1.54, 1.807) is 36.4 Å². The van der Waals surface area contributed by atoms with Gasteiger partial charge in [-0.2, -0.15) is 4.72 Å². The number of rotatable bonds is 7. The predicted molar refractivity (Wildman–Crippen MR) is 115 cm³/mol.